The fraction of sp³-hybridized carbons (Fsp3) is 0.750. The minimum atomic E-state index is -0.116. The van der Waals surface area contributed by atoms with Crippen LogP contribution in [0.2, 0.25) is 0 Å². The van der Waals surface area contributed by atoms with Crippen molar-refractivity contribution in [3.8, 4) is 0 Å². The zero-order chi connectivity index (χ0) is 22.2. The standard InChI is InChI=1S/C24H44N4O2/c1-5-13-27(14-6-2)17-9-11-25-21-19-24(30)22(20-23(21)29)26-12-10-18-28(15-7-3)16-8-4/h19-20,25-26H,5-18H2,1-4H3. The summed E-state index contributed by atoms with van der Waals surface area (Å²) in [5.41, 5.74) is 0.834. The summed E-state index contributed by atoms with van der Waals surface area (Å²) < 4.78 is 0. The van der Waals surface area contributed by atoms with Gasteiger partial charge in [-0.2, -0.15) is 0 Å². The van der Waals surface area contributed by atoms with Gasteiger partial charge in [-0.05, 0) is 77.8 Å². The van der Waals surface area contributed by atoms with Crippen molar-refractivity contribution in [3.63, 3.8) is 0 Å². The summed E-state index contributed by atoms with van der Waals surface area (Å²) in [7, 11) is 0. The first kappa shape index (κ1) is 26.4. The van der Waals surface area contributed by atoms with Crippen molar-refractivity contribution in [1.29, 1.82) is 0 Å². The van der Waals surface area contributed by atoms with E-state index in [4.69, 9.17) is 0 Å². The highest BCUT2D eigenvalue weighted by Crippen LogP contribution is 2.08. The molecule has 0 heterocycles. The number of carbonyl (C=O) groups excluding carboxylic acids is 2. The Kier molecular flexibility index (Phi) is 14.1. The molecule has 172 valence electrons. The molecule has 1 rings (SSSR count). The largest absolute Gasteiger partial charge is 0.382 e. The highest BCUT2D eigenvalue weighted by Gasteiger charge is 2.19. The number of hydrogen-bond acceptors (Lipinski definition) is 6. The summed E-state index contributed by atoms with van der Waals surface area (Å²) in [6, 6.07) is 0. The molecule has 0 aromatic carbocycles. The minimum absolute atomic E-state index is 0.116. The Morgan fingerprint density at radius 2 is 0.933 bits per heavy atom. The lowest BCUT2D eigenvalue weighted by Crippen LogP contribution is -2.33. The highest BCUT2D eigenvalue weighted by molar-refractivity contribution is 6.19. The number of nitrogens with zero attached hydrogens (tertiary/aromatic N) is 2. The summed E-state index contributed by atoms with van der Waals surface area (Å²) in [6.45, 7) is 16.7. The second-order valence-corrected chi connectivity index (χ2v) is 8.09. The number of ketones is 2. The second-order valence-electron chi connectivity index (χ2n) is 8.09. The average Bonchev–Trinajstić information content (AvgIpc) is 2.71. The molecule has 1 aliphatic rings. The Morgan fingerprint density at radius 3 is 1.23 bits per heavy atom. The van der Waals surface area contributed by atoms with Gasteiger partial charge in [0.05, 0.1) is 11.4 Å². The Bertz CT molecular complexity index is 510. The van der Waals surface area contributed by atoms with Crippen LogP contribution in [0, 0.1) is 0 Å². The molecule has 0 radical (unpaired) electrons. The van der Waals surface area contributed by atoms with Crippen LogP contribution in [0.5, 0.6) is 0 Å². The third-order valence-electron chi connectivity index (χ3n) is 5.17. The predicted molar refractivity (Wildman–Crippen MR) is 125 cm³/mol. The number of carbonyl (C=O) groups is 2. The molecule has 6 nitrogen and oxygen atoms in total. The summed E-state index contributed by atoms with van der Waals surface area (Å²) in [4.78, 5) is 29.7. The molecule has 0 atom stereocenters. The molecule has 0 saturated heterocycles. The van der Waals surface area contributed by atoms with Gasteiger partial charge in [-0.1, -0.05) is 27.7 Å². The van der Waals surface area contributed by atoms with E-state index in [9.17, 15) is 9.59 Å². The van der Waals surface area contributed by atoms with Gasteiger partial charge in [0, 0.05) is 25.2 Å². The van der Waals surface area contributed by atoms with Crippen LogP contribution in [0.15, 0.2) is 23.5 Å². The van der Waals surface area contributed by atoms with E-state index >= 15 is 0 Å². The smallest absolute Gasteiger partial charge is 0.203 e. The van der Waals surface area contributed by atoms with Gasteiger partial charge in [0.25, 0.3) is 0 Å². The summed E-state index contributed by atoms with van der Waals surface area (Å²) in [5, 5.41) is 6.31. The molecular weight excluding hydrogens is 376 g/mol. The molecular formula is C24H44N4O2. The first-order chi connectivity index (χ1) is 14.5. The van der Waals surface area contributed by atoms with Crippen LogP contribution in [0.3, 0.4) is 0 Å². The van der Waals surface area contributed by atoms with Crippen molar-refractivity contribution < 1.29 is 9.59 Å². The van der Waals surface area contributed by atoms with Crippen LogP contribution in [0.1, 0.15) is 66.2 Å². The Hall–Kier alpha value is -1.66. The third kappa shape index (κ3) is 10.4. The van der Waals surface area contributed by atoms with Crippen molar-refractivity contribution in [2.45, 2.75) is 66.2 Å². The zero-order valence-corrected chi connectivity index (χ0v) is 19.8. The lowest BCUT2D eigenvalue weighted by molar-refractivity contribution is -0.115. The van der Waals surface area contributed by atoms with Gasteiger partial charge >= 0.3 is 0 Å². The Balaban J connectivity index is 2.35. The maximum atomic E-state index is 12.4. The van der Waals surface area contributed by atoms with Crippen molar-refractivity contribution in [1.82, 2.24) is 20.4 Å². The minimum Gasteiger partial charge on any atom is -0.382 e. The summed E-state index contributed by atoms with van der Waals surface area (Å²) in [6.07, 6.45) is 9.42. The van der Waals surface area contributed by atoms with Crippen molar-refractivity contribution in [3.05, 3.63) is 23.5 Å². The molecule has 0 amide bonds. The van der Waals surface area contributed by atoms with Crippen LogP contribution < -0.4 is 10.6 Å². The SMILES string of the molecule is CCCN(CCC)CCCNC1=CC(=O)C(NCCCN(CCC)CCC)=CC1=O. The Labute approximate surface area is 184 Å². The lowest BCUT2D eigenvalue weighted by atomic mass is 10.1. The molecule has 0 aromatic rings. The van der Waals surface area contributed by atoms with E-state index in [0.717, 1.165) is 77.8 Å². The first-order valence-electron chi connectivity index (χ1n) is 12.0. The average molecular weight is 421 g/mol. The van der Waals surface area contributed by atoms with E-state index in [1.54, 1.807) is 0 Å². The van der Waals surface area contributed by atoms with Crippen LogP contribution in [0.25, 0.3) is 0 Å². The van der Waals surface area contributed by atoms with E-state index in [1.165, 1.54) is 12.2 Å². The predicted octanol–water partition coefficient (Wildman–Crippen LogP) is 3.11. The molecule has 0 spiro atoms. The van der Waals surface area contributed by atoms with Crippen molar-refractivity contribution in [2.24, 2.45) is 0 Å². The third-order valence-corrected chi connectivity index (χ3v) is 5.17. The van der Waals surface area contributed by atoms with Gasteiger partial charge in [-0.25, -0.2) is 0 Å². The summed E-state index contributed by atoms with van der Waals surface area (Å²) in [5.74, 6) is -0.232. The van der Waals surface area contributed by atoms with E-state index in [2.05, 4.69) is 48.1 Å². The van der Waals surface area contributed by atoms with Crippen molar-refractivity contribution >= 4 is 11.6 Å². The van der Waals surface area contributed by atoms with E-state index in [-0.39, 0.29) is 11.6 Å². The topological polar surface area (TPSA) is 64.7 Å². The highest BCUT2D eigenvalue weighted by atomic mass is 16.1. The monoisotopic (exact) mass is 420 g/mol. The van der Waals surface area contributed by atoms with Crippen LogP contribution in [0.4, 0.5) is 0 Å². The second kappa shape index (κ2) is 16.1. The Morgan fingerprint density at radius 1 is 0.600 bits per heavy atom. The number of nitrogens with one attached hydrogen (secondary N) is 2. The van der Waals surface area contributed by atoms with E-state index < -0.39 is 0 Å². The quantitative estimate of drug-likeness (QED) is 0.262. The van der Waals surface area contributed by atoms with Gasteiger partial charge in [0.15, 0.2) is 0 Å². The molecule has 1 aliphatic carbocycles. The number of allylic oxidation sites excluding steroid dienone is 2. The molecule has 0 aliphatic heterocycles. The molecule has 2 N–H and O–H groups in total. The molecule has 30 heavy (non-hydrogen) atoms. The van der Waals surface area contributed by atoms with Gasteiger partial charge < -0.3 is 20.4 Å². The zero-order valence-electron chi connectivity index (χ0n) is 19.8. The fourth-order valence-corrected chi connectivity index (χ4v) is 3.82. The first-order valence-corrected chi connectivity index (χ1v) is 12.0. The van der Waals surface area contributed by atoms with Crippen LogP contribution in [-0.4, -0.2) is 73.7 Å². The lowest BCUT2D eigenvalue weighted by Gasteiger charge is -2.22. The molecule has 6 heteroatoms. The van der Waals surface area contributed by atoms with Gasteiger partial charge in [-0.3, -0.25) is 9.59 Å². The van der Waals surface area contributed by atoms with Crippen molar-refractivity contribution in [2.75, 3.05) is 52.4 Å². The molecule has 0 aromatic heterocycles. The summed E-state index contributed by atoms with van der Waals surface area (Å²) >= 11 is 0. The van der Waals surface area contributed by atoms with Crippen LogP contribution >= 0.6 is 0 Å². The maximum absolute atomic E-state index is 12.4. The van der Waals surface area contributed by atoms with Crippen LogP contribution in [-0.2, 0) is 9.59 Å². The molecule has 0 fully saturated rings. The van der Waals surface area contributed by atoms with Gasteiger partial charge in [-0.15, -0.1) is 0 Å². The van der Waals surface area contributed by atoms with E-state index in [1.807, 2.05) is 0 Å². The molecule has 0 bridgehead atoms. The maximum Gasteiger partial charge on any atom is 0.203 e. The fourth-order valence-electron chi connectivity index (χ4n) is 3.82. The van der Waals surface area contributed by atoms with Gasteiger partial charge in [0.2, 0.25) is 11.6 Å². The molecule has 0 saturated carbocycles. The van der Waals surface area contributed by atoms with E-state index in [0.29, 0.717) is 24.5 Å². The normalized spacial score (nSPS) is 14.3. The number of hydrogen-bond donors (Lipinski definition) is 2. The number of rotatable bonds is 18. The van der Waals surface area contributed by atoms with Gasteiger partial charge in [0.1, 0.15) is 0 Å². The molecule has 0 unspecified atom stereocenters.